The summed E-state index contributed by atoms with van der Waals surface area (Å²) in [5, 5.41) is 9.76. The molecule has 0 unspecified atom stereocenters. The number of hydrogen-bond acceptors (Lipinski definition) is 2. The van der Waals surface area contributed by atoms with Gasteiger partial charge in [-0.1, -0.05) is 26.2 Å². The first-order valence-corrected chi connectivity index (χ1v) is 7.41. The molecule has 1 aliphatic carbocycles. The molecule has 1 N–H and O–H groups in total. The molecule has 1 heterocycles. The maximum absolute atomic E-state index is 9.76. The lowest BCUT2D eigenvalue weighted by Gasteiger charge is -2.38. The van der Waals surface area contributed by atoms with E-state index in [2.05, 4.69) is 6.92 Å². The largest absolute Gasteiger partial charge is 0.469 e. The van der Waals surface area contributed by atoms with Crippen LogP contribution in [-0.4, -0.2) is 11.7 Å². The molecule has 0 atom stereocenters. The molecule has 2 heteroatoms. The highest BCUT2D eigenvalue weighted by Crippen LogP contribution is 2.42. The minimum atomic E-state index is 0.0839. The molecule has 1 aliphatic rings. The second-order valence-electron chi connectivity index (χ2n) is 6.00. The van der Waals surface area contributed by atoms with Crippen molar-refractivity contribution in [3.8, 4) is 0 Å². The topological polar surface area (TPSA) is 33.4 Å². The maximum Gasteiger partial charge on any atom is 0.104 e. The normalized spacial score (nSPS) is 28.4. The molecule has 1 aromatic heterocycles. The fourth-order valence-corrected chi connectivity index (χ4v) is 3.24. The van der Waals surface area contributed by atoms with Crippen LogP contribution in [-0.2, 0) is 6.42 Å². The zero-order valence-electron chi connectivity index (χ0n) is 11.5. The predicted molar refractivity (Wildman–Crippen MR) is 73.4 cm³/mol. The van der Waals surface area contributed by atoms with Gasteiger partial charge in [-0.25, -0.2) is 0 Å². The Morgan fingerprint density at radius 1 is 1.39 bits per heavy atom. The van der Waals surface area contributed by atoms with Crippen molar-refractivity contribution in [2.75, 3.05) is 6.61 Å². The van der Waals surface area contributed by atoms with Gasteiger partial charge in [-0.2, -0.15) is 0 Å². The Balaban J connectivity index is 1.87. The molecular weight excluding hydrogens is 224 g/mol. The number of aliphatic hydroxyl groups excluding tert-OH is 1. The van der Waals surface area contributed by atoms with Crippen LogP contribution in [0, 0.1) is 11.3 Å². The third kappa shape index (κ3) is 3.38. The van der Waals surface area contributed by atoms with Crippen LogP contribution in [0.3, 0.4) is 0 Å². The summed E-state index contributed by atoms with van der Waals surface area (Å²) in [4.78, 5) is 0. The van der Waals surface area contributed by atoms with Crippen LogP contribution in [0.4, 0.5) is 0 Å². The van der Waals surface area contributed by atoms with Crippen molar-refractivity contribution in [2.24, 2.45) is 11.3 Å². The van der Waals surface area contributed by atoms with Gasteiger partial charge in [-0.15, -0.1) is 0 Å². The second-order valence-corrected chi connectivity index (χ2v) is 6.00. The first-order chi connectivity index (χ1) is 8.78. The summed E-state index contributed by atoms with van der Waals surface area (Å²) in [6.07, 6.45) is 11.5. The molecule has 1 saturated carbocycles. The van der Waals surface area contributed by atoms with Crippen molar-refractivity contribution >= 4 is 0 Å². The average molecular weight is 250 g/mol. The van der Waals surface area contributed by atoms with Crippen molar-refractivity contribution in [3.05, 3.63) is 24.2 Å². The molecule has 0 aromatic carbocycles. The molecule has 18 heavy (non-hydrogen) atoms. The van der Waals surface area contributed by atoms with Gasteiger partial charge in [-0.05, 0) is 43.7 Å². The lowest BCUT2D eigenvalue weighted by Crippen LogP contribution is -2.33. The van der Waals surface area contributed by atoms with Gasteiger partial charge in [0, 0.05) is 18.4 Å². The van der Waals surface area contributed by atoms with Crippen LogP contribution in [0.2, 0.25) is 0 Å². The molecule has 0 saturated heterocycles. The SMILES string of the molecule is CCCCC1CCC(CO)(Cc2ccco2)CC1. The van der Waals surface area contributed by atoms with E-state index in [0.29, 0.717) is 6.61 Å². The molecular formula is C16H26O2. The van der Waals surface area contributed by atoms with E-state index in [1.54, 1.807) is 6.26 Å². The van der Waals surface area contributed by atoms with E-state index in [9.17, 15) is 5.11 Å². The minimum absolute atomic E-state index is 0.0839. The Kier molecular flexibility index (Phi) is 4.87. The summed E-state index contributed by atoms with van der Waals surface area (Å²) in [7, 11) is 0. The Hall–Kier alpha value is -0.760. The van der Waals surface area contributed by atoms with E-state index in [-0.39, 0.29) is 5.41 Å². The van der Waals surface area contributed by atoms with Gasteiger partial charge in [0.05, 0.1) is 6.26 Å². The molecule has 0 radical (unpaired) electrons. The highest BCUT2D eigenvalue weighted by Gasteiger charge is 2.35. The molecule has 2 nitrogen and oxygen atoms in total. The molecule has 0 bridgehead atoms. The van der Waals surface area contributed by atoms with Crippen molar-refractivity contribution < 1.29 is 9.52 Å². The molecule has 1 aromatic rings. The summed E-state index contributed by atoms with van der Waals surface area (Å²) < 4.78 is 5.44. The molecule has 1 fully saturated rings. The van der Waals surface area contributed by atoms with E-state index in [4.69, 9.17) is 4.42 Å². The third-order valence-corrected chi connectivity index (χ3v) is 4.60. The van der Waals surface area contributed by atoms with E-state index in [1.807, 2.05) is 12.1 Å². The number of hydrogen-bond donors (Lipinski definition) is 1. The number of aliphatic hydroxyl groups is 1. The predicted octanol–water partition coefficient (Wildman–Crippen LogP) is 4.18. The molecule has 102 valence electrons. The summed E-state index contributed by atoms with van der Waals surface area (Å²) in [6, 6.07) is 3.97. The zero-order chi connectivity index (χ0) is 12.8. The lowest BCUT2D eigenvalue weighted by atomic mass is 9.68. The summed E-state index contributed by atoms with van der Waals surface area (Å²) >= 11 is 0. The van der Waals surface area contributed by atoms with Crippen molar-refractivity contribution in [3.63, 3.8) is 0 Å². The Morgan fingerprint density at radius 3 is 2.72 bits per heavy atom. The average Bonchev–Trinajstić information content (AvgIpc) is 2.91. The van der Waals surface area contributed by atoms with Gasteiger partial charge in [0.2, 0.25) is 0 Å². The number of rotatable bonds is 6. The molecule has 0 aliphatic heterocycles. The van der Waals surface area contributed by atoms with Crippen LogP contribution < -0.4 is 0 Å². The lowest BCUT2D eigenvalue weighted by molar-refractivity contribution is 0.0574. The van der Waals surface area contributed by atoms with E-state index in [1.165, 1.54) is 32.1 Å². The van der Waals surface area contributed by atoms with Gasteiger partial charge >= 0.3 is 0 Å². The van der Waals surface area contributed by atoms with E-state index >= 15 is 0 Å². The first kappa shape index (κ1) is 13.7. The number of furan rings is 1. The zero-order valence-corrected chi connectivity index (χ0v) is 11.5. The quantitative estimate of drug-likeness (QED) is 0.821. The van der Waals surface area contributed by atoms with Crippen LogP contribution in [0.25, 0.3) is 0 Å². The Morgan fingerprint density at radius 2 is 2.17 bits per heavy atom. The number of unbranched alkanes of at least 4 members (excludes halogenated alkanes) is 1. The fourth-order valence-electron chi connectivity index (χ4n) is 3.24. The summed E-state index contributed by atoms with van der Waals surface area (Å²) in [5.41, 5.74) is 0.0839. The van der Waals surface area contributed by atoms with Crippen LogP contribution >= 0.6 is 0 Å². The van der Waals surface area contributed by atoms with Gasteiger partial charge in [0.15, 0.2) is 0 Å². The maximum atomic E-state index is 9.76. The fraction of sp³-hybridized carbons (Fsp3) is 0.750. The third-order valence-electron chi connectivity index (χ3n) is 4.60. The standard InChI is InChI=1S/C16H26O2/c1-2-3-5-14-7-9-16(13-17,10-8-14)12-15-6-4-11-18-15/h4,6,11,14,17H,2-3,5,7-10,12-13H2,1H3. The monoisotopic (exact) mass is 250 g/mol. The van der Waals surface area contributed by atoms with Gasteiger partial charge in [0.1, 0.15) is 5.76 Å². The van der Waals surface area contributed by atoms with Crippen molar-refractivity contribution in [1.82, 2.24) is 0 Å². The van der Waals surface area contributed by atoms with Crippen LogP contribution in [0.5, 0.6) is 0 Å². The second kappa shape index (κ2) is 6.42. The first-order valence-electron chi connectivity index (χ1n) is 7.41. The van der Waals surface area contributed by atoms with Crippen molar-refractivity contribution in [1.29, 1.82) is 0 Å². The van der Waals surface area contributed by atoms with Crippen LogP contribution in [0.15, 0.2) is 22.8 Å². The van der Waals surface area contributed by atoms with Gasteiger partial charge in [-0.3, -0.25) is 0 Å². The van der Waals surface area contributed by atoms with E-state index < -0.39 is 0 Å². The van der Waals surface area contributed by atoms with Gasteiger partial charge in [0.25, 0.3) is 0 Å². The summed E-state index contributed by atoms with van der Waals surface area (Å²) in [5.74, 6) is 1.91. The smallest absolute Gasteiger partial charge is 0.104 e. The van der Waals surface area contributed by atoms with E-state index in [0.717, 1.165) is 30.9 Å². The Bertz CT molecular complexity index is 321. The molecule has 0 spiro atoms. The highest BCUT2D eigenvalue weighted by molar-refractivity contribution is 5.03. The Labute approximate surface area is 110 Å². The van der Waals surface area contributed by atoms with Gasteiger partial charge < -0.3 is 9.52 Å². The summed E-state index contributed by atoms with van der Waals surface area (Å²) in [6.45, 7) is 2.56. The molecule has 2 rings (SSSR count). The van der Waals surface area contributed by atoms with Crippen molar-refractivity contribution in [2.45, 2.75) is 58.3 Å². The highest BCUT2D eigenvalue weighted by atomic mass is 16.3. The molecule has 0 amide bonds. The minimum Gasteiger partial charge on any atom is -0.469 e. The van der Waals surface area contributed by atoms with Crippen LogP contribution in [0.1, 0.15) is 57.6 Å².